The summed E-state index contributed by atoms with van der Waals surface area (Å²) in [5, 5.41) is 2.51. The van der Waals surface area contributed by atoms with Gasteiger partial charge in [-0.1, -0.05) is 0 Å². The fraction of sp³-hybridized carbons (Fsp3) is 0.333. The largest absolute Gasteiger partial charge is 0.324 e. The SMILES string of the molecule is Cc1cnc2c(c1)NC(=O)CCS2(=O)=O. The van der Waals surface area contributed by atoms with E-state index in [0.29, 0.717) is 0 Å². The highest BCUT2D eigenvalue weighted by Crippen LogP contribution is 2.24. The van der Waals surface area contributed by atoms with Crippen LogP contribution in [0.3, 0.4) is 0 Å². The van der Waals surface area contributed by atoms with Gasteiger partial charge in [0.1, 0.15) is 0 Å². The Labute approximate surface area is 87.4 Å². The van der Waals surface area contributed by atoms with Gasteiger partial charge in [0.05, 0.1) is 11.4 Å². The van der Waals surface area contributed by atoms with Crippen molar-refractivity contribution in [3.05, 3.63) is 17.8 Å². The third-order valence-corrected chi connectivity index (χ3v) is 3.81. The highest BCUT2D eigenvalue weighted by molar-refractivity contribution is 7.91. The van der Waals surface area contributed by atoms with E-state index in [-0.39, 0.29) is 28.8 Å². The molecule has 0 aromatic carbocycles. The summed E-state index contributed by atoms with van der Waals surface area (Å²) in [5.41, 5.74) is 1.10. The summed E-state index contributed by atoms with van der Waals surface area (Å²) < 4.78 is 23.4. The molecular weight excluding hydrogens is 216 g/mol. The summed E-state index contributed by atoms with van der Waals surface area (Å²) in [5.74, 6) is -0.466. The fourth-order valence-corrected chi connectivity index (χ4v) is 2.74. The first-order chi connectivity index (χ1) is 6.99. The third-order valence-electron chi connectivity index (χ3n) is 2.15. The van der Waals surface area contributed by atoms with Gasteiger partial charge in [0.2, 0.25) is 5.91 Å². The van der Waals surface area contributed by atoms with E-state index in [1.165, 1.54) is 6.20 Å². The van der Waals surface area contributed by atoms with Crippen LogP contribution < -0.4 is 5.32 Å². The van der Waals surface area contributed by atoms with Crippen LogP contribution in [0.1, 0.15) is 12.0 Å². The zero-order valence-electron chi connectivity index (χ0n) is 8.15. The van der Waals surface area contributed by atoms with Gasteiger partial charge in [-0.25, -0.2) is 13.4 Å². The van der Waals surface area contributed by atoms with E-state index >= 15 is 0 Å². The zero-order valence-corrected chi connectivity index (χ0v) is 8.97. The lowest BCUT2D eigenvalue weighted by atomic mass is 10.3. The van der Waals surface area contributed by atoms with E-state index in [1.807, 2.05) is 0 Å². The van der Waals surface area contributed by atoms with Crippen molar-refractivity contribution in [2.24, 2.45) is 0 Å². The molecule has 0 atom stereocenters. The summed E-state index contributed by atoms with van der Waals surface area (Å²) in [7, 11) is -3.42. The van der Waals surface area contributed by atoms with Gasteiger partial charge >= 0.3 is 0 Å². The number of hydrogen-bond donors (Lipinski definition) is 1. The Balaban J connectivity index is 2.66. The number of pyridine rings is 1. The Morgan fingerprint density at radius 2 is 2.20 bits per heavy atom. The van der Waals surface area contributed by atoms with Crippen LogP contribution in [0.5, 0.6) is 0 Å². The topological polar surface area (TPSA) is 76.1 Å². The summed E-state index contributed by atoms with van der Waals surface area (Å²) in [6.45, 7) is 1.79. The number of aromatic nitrogens is 1. The van der Waals surface area contributed by atoms with Gasteiger partial charge in [0.25, 0.3) is 0 Å². The number of carbonyl (C=O) groups is 1. The minimum absolute atomic E-state index is 0.0161. The monoisotopic (exact) mass is 226 g/mol. The van der Waals surface area contributed by atoms with Gasteiger partial charge in [-0.05, 0) is 18.6 Å². The lowest BCUT2D eigenvalue weighted by molar-refractivity contribution is -0.115. The first-order valence-electron chi connectivity index (χ1n) is 4.48. The summed E-state index contributed by atoms with van der Waals surface area (Å²) in [4.78, 5) is 15.1. The molecule has 80 valence electrons. The molecule has 0 spiro atoms. The Morgan fingerprint density at radius 1 is 1.47 bits per heavy atom. The predicted octanol–water partition coefficient (Wildman–Crippen LogP) is 0.506. The van der Waals surface area contributed by atoms with Crippen molar-refractivity contribution in [2.75, 3.05) is 11.1 Å². The molecule has 5 nitrogen and oxygen atoms in total. The highest BCUT2D eigenvalue weighted by atomic mass is 32.2. The number of hydrogen-bond acceptors (Lipinski definition) is 4. The maximum Gasteiger partial charge on any atom is 0.225 e. The Hall–Kier alpha value is -1.43. The molecule has 0 fully saturated rings. The van der Waals surface area contributed by atoms with E-state index in [9.17, 15) is 13.2 Å². The molecule has 0 saturated heterocycles. The van der Waals surface area contributed by atoms with Gasteiger partial charge in [-0.3, -0.25) is 4.79 Å². The molecule has 1 aromatic rings. The van der Waals surface area contributed by atoms with Gasteiger partial charge in [-0.2, -0.15) is 0 Å². The number of anilines is 1. The lowest BCUT2D eigenvalue weighted by Gasteiger charge is -2.05. The van der Waals surface area contributed by atoms with Gasteiger partial charge in [0, 0.05) is 12.6 Å². The van der Waals surface area contributed by atoms with Crippen LogP contribution in [0, 0.1) is 6.92 Å². The van der Waals surface area contributed by atoms with Crippen molar-refractivity contribution >= 4 is 21.4 Å². The molecule has 0 radical (unpaired) electrons. The minimum atomic E-state index is -3.42. The maximum atomic E-state index is 11.7. The molecule has 1 aliphatic heterocycles. The van der Waals surface area contributed by atoms with E-state index in [4.69, 9.17) is 0 Å². The number of aryl methyl sites for hydroxylation is 1. The number of sulfone groups is 1. The van der Waals surface area contributed by atoms with Crippen molar-refractivity contribution in [2.45, 2.75) is 18.4 Å². The van der Waals surface area contributed by atoms with Crippen LogP contribution in [0.4, 0.5) is 5.69 Å². The first-order valence-corrected chi connectivity index (χ1v) is 6.13. The molecule has 0 bridgehead atoms. The average Bonchev–Trinajstić information content (AvgIpc) is 2.24. The van der Waals surface area contributed by atoms with Crippen LogP contribution in [0.25, 0.3) is 0 Å². The minimum Gasteiger partial charge on any atom is -0.324 e. The maximum absolute atomic E-state index is 11.7. The Bertz CT molecular complexity index is 522. The van der Waals surface area contributed by atoms with E-state index in [2.05, 4.69) is 10.3 Å². The van der Waals surface area contributed by atoms with E-state index < -0.39 is 9.84 Å². The van der Waals surface area contributed by atoms with Crippen LogP contribution in [-0.4, -0.2) is 25.1 Å². The van der Waals surface area contributed by atoms with Gasteiger partial charge < -0.3 is 5.32 Å². The quantitative estimate of drug-likeness (QED) is 0.699. The van der Waals surface area contributed by atoms with Crippen LogP contribution in [0.15, 0.2) is 17.3 Å². The molecule has 0 aliphatic carbocycles. The second kappa shape index (κ2) is 3.30. The molecule has 1 aliphatic rings. The molecule has 15 heavy (non-hydrogen) atoms. The molecule has 1 N–H and O–H groups in total. The number of rotatable bonds is 0. The summed E-state index contributed by atoms with van der Waals surface area (Å²) in [6, 6.07) is 1.61. The molecule has 0 unspecified atom stereocenters. The fourth-order valence-electron chi connectivity index (χ4n) is 1.43. The smallest absolute Gasteiger partial charge is 0.225 e. The molecule has 2 heterocycles. The van der Waals surface area contributed by atoms with Crippen LogP contribution >= 0.6 is 0 Å². The predicted molar refractivity (Wildman–Crippen MR) is 54.3 cm³/mol. The van der Waals surface area contributed by atoms with Crippen molar-refractivity contribution in [3.63, 3.8) is 0 Å². The molecule has 6 heteroatoms. The summed E-state index contributed by atoms with van der Waals surface area (Å²) >= 11 is 0. The second-order valence-corrected chi connectivity index (χ2v) is 5.51. The van der Waals surface area contributed by atoms with Crippen LogP contribution in [-0.2, 0) is 14.6 Å². The van der Waals surface area contributed by atoms with Crippen molar-refractivity contribution < 1.29 is 13.2 Å². The highest BCUT2D eigenvalue weighted by Gasteiger charge is 2.26. The number of nitrogens with one attached hydrogen (secondary N) is 1. The average molecular weight is 226 g/mol. The van der Waals surface area contributed by atoms with E-state index in [1.54, 1.807) is 13.0 Å². The van der Waals surface area contributed by atoms with Gasteiger partial charge in [0.15, 0.2) is 14.9 Å². The molecule has 1 aromatic heterocycles. The van der Waals surface area contributed by atoms with Crippen molar-refractivity contribution in [1.82, 2.24) is 4.98 Å². The van der Waals surface area contributed by atoms with Crippen molar-refractivity contribution in [1.29, 1.82) is 0 Å². The Morgan fingerprint density at radius 3 is 2.93 bits per heavy atom. The van der Waals surface area contributed by atoms with Gasteiger partial charge in [-0.15, -0.1) is 0 Å². The molecule has 1 amide bonds. The van der Waals surface area contributed by atoms with Crippen molar-refractivity contribution in [3.8, 4) is 0 Å². The van der Waals surface area contributed by atoms with E-state index in [0.717, 1.165) is 5.56 Å². The number of carbonyl (C=O) groups excluding carboxylic acids is 1. The third kappa shape index (κ3) is 1.85. The van der Waals surface area contributed by atoms with Crippen LogP contribution in [0.2, 0.25) is 0 Å². The lowest BCUT2D eigenvalue weighted by Crippen LogP contribution is -2.11. The second-order valence-electron chi connectivity index (χ2n) is 3.48. The molecule has 2 rings (SSSR count). The number of nitrogens with zero attached hydrogens (tertiary/aromatic N) is 1. The normalized spacial score (nSPS) is 18.9. The molecule has 0 saturated carbocycles. The molecular formula is C9H10N2O3S. The number of fused-ring (bicyclic) bond motifs is 1. The number of amides is 1. The first kappa shape index (κ1) is 10.1. The Kier molecular flexibility index (Phi) is 2.22. The zero-order chi connectivity index (χ0) is 11.1. The standard InChI is InChI=1S/C9H10N2O3S/c1-6-4-7-9(10-5-6)15(13,14)3-2-8(12)11-7/h4-5H,2-3H2,1H3,(H,11,12). The summed E-state index contributed by atoms with van der Waals surface area (Å²) in [6.07, 6.45) is 1.46.